The molecule has 0 bridgehead atoms. The molecule has 0 unspecified atom stereocenters. The van der Waals surface area contributed by atoms with Crippen LogP contribution in [0.1, 0.15) is 6.42 Å². The number of aliphatic hydroxyl groups excluding tert-OH is 1. The van der Waals surface area contributed by atoms with Crippen LogP contribution >= 0.6 is 0 Å². The number of likely N-dealkylation sites (N-methyl/N-ethyl adjacent to an activating group) is 1. The molecule has 1 fully saturated rings. The van der Waals surface area contributed by atoms with Gasteiger partial charge in [-0.3, -0.25) is 0 Å². The lowest BCUT2D eigenvalue weighted by Gasteiger charge is -2.30. The Kier molecular flexibility index (Phi) is 2.70. The molecular weight excluding hydrogens is 144 g/mol. The second kappa shape index (κ2) is 3.57. The van der Waals surface area contributed by atoms with E-state index in [0.29, 0.717) is 6.54 Å². The first kappa shape index (κ1) is 8.33. The monoisotopic (exact) mass is 156 g/mol. The first-order valence-corrected chi connectivity index (χ1v) is 3.65. The molecule has 0 aromatic carbocycles. The van der Waals surface area contributed by atoms with Crippen molar-refractivity contribution in [1.29, 1.82) is 0 Å². The molecule has 0 radical (unpaired) electrons. The van der Waals surface area contributed by atoms with Crippen LogP contribution < -0.4 is 0 Å². The molecule has 1 saturated heterocycles. The summed E-state index contributed by atoms with van der Waals surface area (Å²) < 4.78 is 0. The van der Waals surface area contributed by atoms with Crippen LogP contribution in [0.25, 0.3) is 10.4 Å². The van der Waals surface area contributed by atoms with Crippen molar-refractivity contribution in [2.45, 2.75) is 18.6 Å². The van der Waals surface area contributed by atoms with Gasteiger partial charge in [-0.05, 0) is 25.5 Å². The molecular formula is C6H12N4O. The summed E-state index contributed by atoms with van der Waals surface area (Å²) in [6.45, 7) is 1.49. The van der Waals surface area contributed by atoms with Crippen molar-refractivity contribution >= 4 is 0 Å². The summed E-state index contributed by atoms with van der Waals surface area (Å²) in [4.78, 5) is 4.70. The van der Waals surface area contributed by atoms with Gasteiger partial charge in [0.25, 0.3) is 0 Å². The molecule has 0 spiro atoms. The molecule has 0 amide bonds. The number of likely N-dealkylation sites (tertiary alicyclic amines) is 1. The molecule has 1 aliphatic heterocycles. The van der Waals surface area contributed by atoms with Gasteiger partial charge in [0.1, 0.15) is 0 Å². The number of β-amino-alcohol motifs (C(OH)–C–C–N with tert-alkyl or cyclic N) is 1. The van der Waals surface area contributed by atoms with Gasteiger partial charge in [-0.25, -0.2) is 0 Å². The smallest absolute Gasteiger partial charge is 0.0752 e. The van der Waals surface area contributed by atoms with Crippen molar-refractivity contribution in [3.8, 4) is 0 Å². The molecule has 0 saturated carbocycles. The van der Waals surface area contributed by atoms with E-state index in [2.05, 4.69) is 10.0 Å². The van der Waals surface area contributed by atoms with E-state index in [0.717, 1.165) is 13.0 Å². The zero-order chi connectivity index (χ0) is 8.27. The molecule has 1 heterocycles. The van der Waals surface area contributed by atoms with Crippen LogP contribution in [0.15, 0.2) is 5.11 Å². The summed E-state index contributed by atoms with van der Waals surface area (Å²) in [6.07, 6.45) is 0.256. The van der Waals surface area contributed by atoms with Gasteiger partial charge in [0.15, 0.2) is 0 Å². The summed E-state index contributed by atoms with van der Waals surface area (Å²) >= 11 is 0. The molecule has 2 atom stereocenters. The average molecular weight is 156 g/mol. The quantitative estimate of drug-likeness (QED) is 0.338. The van der Waals surface area contributed by atoms with Crippen molar-refractivity contribution in [2.75, 3.05) is 20.1 Å². The normalized spacial score (nSPS) is 32.9. The Labute approximate surface area is 65.2 Å². The first-order valence-electron chi connectivity index (χ1n) is 3.65. The van der Waals surface area contributed by atoms with Crippen molar-refractivity contribution in [3.05, 3.63) is 10.4 Å². The zero-order valence-corrected chi connectivity index (χ0v) is 6.51. The highest BCUT2D eigenvalue weighted by atomic mass is 16.3. The molecule has 0 aromatic rings. The predicted octanol–water partition coefficient (Wildman–Crippen LogP) is 0.362. The van der Waals surface area contributed by atoms with Gasteiger partial charge in [0.2, 0.25) is 0 Å². The average Bonchev–Trinajstić information content (AvgIpc) is 1.95. The molecule has 1 aliphatic rings. The third kappa shape index (κ3) is 2.08. The highest BCUT2D eigenvalue weighted by Gasteiger charge is 2.24. The Balaban J connectivity index is 2.50. The number of nitrogens with zero attached hydrogens (tertiary/aromatic N) is 4. The third-order valence-corrected chi connectivity index (χ3v) is 1.95. The Bertz CT molecular complexity index is 177. The molecule has 0 aromatic heterocycles. The molecule has 11 heavy (non-hydrogen) atoms. The van der Waals surface area contributed by atoms with Gasteiger partial charge in [-0.2, -0.15) is 0 Å². The number of azide groups is 1. The van der Waals surface area contributed by atoms with Gasteiger partial charge in [-0.15, -0.1) is 0 Å². The van der Waals surface area contributed by atoms with Gasteiger partial charge in [-0.1, -0.05) is 5.11 Å². The highest BCUT2D eigenvalue weighted by Crippen LogP contribution is 2.12. The fraction of sp³-hybridized carbons (Fsp3) is 1.00. The second-order valence-electron chi connectivity index (χ2n) is 2.89. The van der Waals surface area contributed by atoms with Crippen molar-refractivity contribution in [1.82, 2.24) is 4.90 Å². The number of rotatable bonds is 1. The summed E-state index contributed by atoms with van der Waals surface area (Å²) in [5.74, 6) is 0. The van der Waals surface area contributed by atoms with Crippen LogP contribution in [0.3, 0.4) is 0 Å². The van der Waals surface area contributed by atoms with Crippen LogP contribution in [0.4, 0.5) is 0 Å². The van der Waals surface area contributed by atoms with E-state index in [4.69, 9.17) is 5.53 Å². The number of aliphatic hydroxyl groups is 1. The number of hydrogen-bond donors (Lipinski definition) is 1. The van der Waals surface area contributed by atoms with Gasteiger partial charge in [0.05, 0.1) is 12.1 Å². The minimum absolute atomic E-state index is 0.226. The molecule has 1 N–H and O–H groups in total. The van der Waals surface area contributed by atoms with E-state index in [9.17, 15) is 5.11 Å². The molecule has 1 rings (SSSR count). The van der Waals surface area contributed by atoms with Gasteiger partial charge in [0, 0.05) is 11.5 Å². The maximum absolute atomic E-state index is 9.36. The lowest BCUT2D eigenvalue weighted by Crippen LogP contribution is -2.43. The Morgan fingerprint density at radius 1 is 1.73 bits per heavy atom. The van der Waals surface area contributed by atoms with Crippen LogP contribution in [-0.4, -0.2) is 42.3 Å². The van der Waals surface area contributed by atoms with E-state index < -0.39 is 6.10 Å². The second-order valence-corrected chi connectivity index (χ2v) is 2.89. The van der Waals surface area contributed by atoms with Crippen LogP contribution in [0.2, 0.25) is 0 Å². The standard InChI is InChI=1S/C6H12N4O/c1-10-3-2-5(8-9-7)6(11)4-10/h5-6,11H,2-4H2,1H3/t5-,6-/m1/s1. The summed E-state index contributed by atoms with van der Waals surface area (Å²) in [5, 5.41) is 12.9. The van der Waals surface area contributed by atoms with E-state index in [1.807, 2.05) is 11.9 Å². The SMILES string of the molecule is CN1CC[C@@H](N=[N+]=[N-])[C@H](O)C1. The van der Waals surface area contributed by atoms with Gasteiger partial charge < -0.3 is 10.0 Å². The van der Waals surface area contributed by atoms with Gasteiger partial charge >= 0.3 is 0 Å². The molecule has 5 nitrogen and oxygen atoms in total. The van der Waals surface area contributed by atoms with Crippen LogP contribution in [0, 0.1) is 0 Å². The first-order chi connectivity index (χ1) is 5.24. The highest BCUT2D eigenvalue weighted by molar-refractivity contribution is 4.83. The van der Waals surface area contributed by atoms with E-state index in [1.54, 1.807) is 0 Å². The van der Waals surface area contributed by atoms with Crippen molar-refractivity contribution in [3.63, 3.8) is 0 Å². The van der Waals surface area contributed by atoms with Crippen molar-refractivity contribution < 1.29 is 5.11 Å². The predicted molar refractivity (Wildman–Crippen MR) is 41.1 cm³/mol. The lowest BCUT2D eigenvalue weighted by molar-refractivity contribution is 0.0663. The fourth-order valence-corrected chi connectivity index (χ4v) is 1.28. The Morgan fingerprint density at radius 3 is 3.00 bits per heavy atom. The van der Waals surface area contributed by atoms with Crippen LogP contribution in [-0.2, 0) is 0 Å². The van der Waals surface area contributed by atoms with E-state index in [1.165, 1.54) is 0 Å². The Morgan fingerprint density at radius 2 is 2.45 bits per heavy atom. The summed E-state index contributed by atoms with van der Waals surface area (Å²) in [6, 6.07) is -0.226. The number of hydrogen-bond acceptors (Lipinski definition) is 3. The van der Waals surface area contributed by atoms with E-state index >= 15 is 0 Å². The zero-order valence-electron chi connectivity index (χ0n) is 6.51. The number of piperidine rings is 1. The summed E-state index contributed by atoms with van der Waals surface area (Å²) in [5.41, 5.74) is 8.14. The Hall–Kier alpha value is -0.770. The minimum atomic E-state index is -0.496. The summed E-state index contributed by atoms with van der Waals surface area (Å²) in [7, 11) is 1.94. The van der Waals surface area contributed by atoms with Crippen molar-refractivity contribution in [2.24, 2.45) is 5.11 Å². The maximum atomic E-state index is 9.36. The fourth-order valence-electron chi connectivity index (χ4n) is 1.28. The maximum Gasteiger partial charge on any atom is 0.0752 e. The third-order valence-electron chi connectivity index (χ3n) is 1.95. The molecule has 62 valence electrons. The minimum Gasteiger partial charge on any atom is -0.391 e. The largest absolute Gasteiger partial charge is 0.391 e. The molecule has 0 aliphatic carbocycles. The lowest BCUT2D eigenvalue weighted by atomic mass is 10.0. The van der Waals surface area contributed by atoms with Crippen LogP contribution in [0.5, 0.6) is 0 Å². The molecule has 5 heteroatoms. The van der Waals surface area contributed by atoms with E-state index in [-0.39, 0.29) is 6.04 Å². The topological polar surface area (TPSA) is 72.2 Å².